The SMILES string of the molecule is O=C(Nc1ccccc1)Oc1ccccc1Cl. The van der Waals surface area contributed by atoms with Gasteiger partial charge in [0.15, 0.2) is 5.75 Å². The second-order valence-corrected chi connectivity index (χ2v) is 3.72. The van der Waals surface area contributed by atoms with Crippen molar-refractivity contribution >= 4 is 23.4 Å². The lowest BCUT2D eigenvalue weighted by Crippen LogP contribution is -2.16. The minimum Gasteiger partial charge on any atom is -0.409 e. The van der Waals surface area contributed by atoms with Gasteiger partial charge in [-0.3, -0.25) is 5.32 Å². The summed E-state index contributed by atoms with van der Waals surface area (Å²) in [5, 5.41) is 3.00. The summed E-state index contributed by atoms with van der Waals surface area (Å²) in [5.74, 6) is 0.336. The van der Waals surface area contributed by atoms with Gasteiger partial charge in [-0.1, -0.05) is 41.9 Å². The Balaban J connectivity index is 2.01. The van der Waals surface area contributed by atoms with E-state index in [9.17, 15) is 4.79 Å². The number of carbonyl (C=O) groups excluding carboxylic acids is 1. The van der Waals surface area contributed by atoms with Gasteiger partial charge in [0.1, 0.15) is 0 Å². The van der Waals surface area contributed by atoms with Crippen molar-refractivity contribution < 1.29 is 9.53 Å². The third kappa shape index (κ3) is 3.23. The Hall–Kier alpha value is -2.00. The molecule has 0 radical (unpaired) electrons. The van der Waals surface area contributed by atoms with Crippen molar-refractivity contribution in [3.05, 3.63) is 59.6 Å². The topological polar surface area (TPSA) is 38.3 Å². The second-order valence-electron chi connectivity index (χ2n) is 3.31. The lowest BCUT2D eigenvalue weighted by molar-refractivity contribution is 0.215. The third-order valence-corrected chi connectivity index (χ3v) is 2.37. The van der Waals surface area contributed by atoms with Crippen LogP contribution in [0.25, 0.3) is 0 Å². The molecule has 2 aromatic rings. The Kier molecular flexibility index (Phi) is 3.62. The maximum Gasteiger partial charge on any atom is 0.417 e. The number of nitrogens with one attached hydrogen (secondary N) is 1. The molecule has 0 bridgehead atoms. The first-order valence-electron chi connectivity index (χ1n) is 5.04. The largest absolute Gasteiger partial charge is 0.417 e. The number of benzene rings is 2. The standard InChI is InChI=1S/C13H10ClNO2/c14-11-8-4-5-9-12(11)17-13(16)15-10-6-2-1-3-7-10/h1-9H,(H,15,16). The molecule has 1 amide bonds. The van der Waals surface area contributed by atoms with Gasteiger partial charge in [0, 0.05) is 5.69 Å². The van der Waals surface area contributed by atoms with E-state index in [4.69, 9.17) is 16.3 Å². The van der Waals surface area contributed by atoms with E-state index in [1.165, 1.54) is 0 Å². The van der Waals surface area contributed by atoms with Crippen LogP contribution in [0.1, 0.15) is 0 Å². The molecular formula is C13H10ClNO2. The van der Waals surface area contributed by atoms with E-state index in [1.807, 2.05) is 18.2 Å². The zero-order valence-electron chi connectivity index (χ0n) is 8.89. The van der Waals surface area contributed by atoms with Crippen LogP contribution in [0.2, 0.25) is 5.02 Å². The molecule has 0 aliphatic rings. The Bertz CT molecular complexity index is 514. The summed E-state index contributed by atoms with van der Waals surface area (Å²) in [4.78, 5) is 11.5. The number of hydrogen-bond acceptors (Lipinski definition) is 2. The minimum atomic E-state index is -0.565. The smallest absolute Gasteiger partial charge is 0.409 e. The van der Waals surface area contributed by atoms with Crippen LogP contribution in [-0.4, -0.2) is 6.09 Å². The number of anilines is 1. The lowest BCUT2D eigenvalue weighted by atomic mass is 10.3. The number of rotatable bonds is 2. The molecule has 17 heavy (non-hydrogen) atoms. The normalized spacial score (nSPS) is 9.71. The molecule has 0 saturated carbocycles. The molecule has 0 fully saturated rings. The summed E-state index contributed by atoms with van der Waals surface area (Å²) in [7, 11) is 0. The van der Waals surface area contributed by atoms with Crippen molar-refractivity contribution in [2.24, 2.45) is 0 Å². The Morgan fingerprint density at radius 2 is 1.65 bits per heavy atom. The molecule has 0 spiro atoms. The highest BCUT2D eigenvalue weighted by Gasteiger charge is 2.07. The molecule has 86 valence electrons. The van der Waals surface area contributed by atoms with E-state index in [-0.39, 0.29) is 0 Å². The van der Waals surface area contributed by atoms with E-state index in [0.717, 1.165) is 0 Å². The Morgan fingerprint density at radius 3 is 2.35 bits per heavy atom. The molecular weight excluding hydrogens is 238 g/mol. The highest BCUT2D eigenvalue weighted by atomic mass is 35.5. The monoisotopic (exact) mass is 247 g/mol. The number of hydrogen-bond donors (Lipinski definition) is 1. The zero-order valence-corrected chi connectivity index (χ0v) is 9.65. The first kappa shape index (κ1) is 11.5. The van der Waals surface area contributed by atoms with Gasteiger partial charge in [-0.25, -0.2) is 4.79 Å². The molecule has 1 N–H and O–H groups in total. The average Bonchev–Trinajstić information content (AvgIpc) is 2.33. The first-order chi connectivity index (χ1) is 8.25. The highest BCUT2D eigenvalue weighted by molar-refractivity contribution is 6.32. The summed E-state index contributed by atoms with van der Waals surface area (Å²) in [5.41, 5.74) is 0.671. The number of halogens is 1. The van der Waals surface area contributed by atoms with Crippen LogP contribution >= 0.6 is 11.6 Å². The fourth-order valence-electron chi connectivity index (χ4n) is 1.29. The molecule has 0 aromatic heterocycles. The van der Waals surface area contributed by atoms with Crippen molar-refractivity contribution in [3.63, 3.8) is 0 Å². The van der Waals surface area contributed by atoms with E-state index in [1.54, 1.807) is 36.4 Å². The quantitative estimate of drug-likeness (QED) is 0.873. The molecule has 0 heterocycles. The van der Waals surface area contributed by atoms with E-state index < -0.39 is 6.09 Å². The van der Waals surface area contributed by atoms with Gasteiger partial charge in [-0.15, -0.1) is 0 Å². The van der Waals surface area contributed by atoms with Crippen LogP contribution in [0.15, 0.2) is 54.6 Å². The predicted molar refractivity (Wildman–Crippen MR) is 67.5 cm³/mol. The van der Waals surface area contributed by atoms with Crippen molar-refractivity contribution in [2.75, 3.05) is 5.32 Å². The lowest BCUT2D eigenvalue weighted by Gasteiger charge is -2.07. The molecule has 4 heteroatoms. The first-order valence-corrected chi connectivity index (χ1v) is 5.42. The maximum atomic E-state index is 11.5. The minimum absolute atomic E-state index is 0.336. The van der Waals surface area contributed by atoms with Crippen molar-refractivity contribution in [1.29, 1.82) is 0 Å². The molecule has 0 atom stereocenters. The number of carbonyl (C=O) groups is 1. The van der Waals surface area contributed by atoms with Gasteiger partial charge < -0.3 is 4.74 Å². The third-order valence-electron chi connectivity index (χ3n) is 2.06. The summed E-state index contributed by atoms with van der Waals surface area (Å²) in [6, 6.07) is 15.9. The zero-order chi connectivity index (χ0) is 12.1. The fraction of sp³-hybridized carbons (Fsp3) is 0. The van der Waals surface area contributed by atoms with Crippen LogP contribution in [0.4, 0.5) is 10.5 Å². The van der Waals surface area contributed by atoms with Crippen molar-refractivity contribution in [3.8, 4) is 5.75 Å². The molecule has 0 unspecified atom stereocenters. The van der Waals surface area contributed by atoms with E-state index >= 15 is 0 Å². The number of ether oxygens (including phenoxy) is 1. The van der Waals surface area contributed by atoms with Crippen LogP contribution in [0.5, 0.6) is 5.75 Å². The van der Waals surface area contributed by atoms with Gasteiger partial charge in [0.2, 0.25) is 0 Å². The highest BCUT2D eigenvalue weighted by Crippen LogP contribution is 2.23. The predicted octanol–water partition coefficient (Wildman–Crippen LogP) is 3.95. The van der Waals surface area contributed by atoms with Crippen molar-refractivity contribution in [2.45, 2.75) is 0 Å². The molecule has 3 nitrogen and oxygen atoms in total. The molecule has 0 aliphatic heterocycles. The molecule has 2 rings (SSSR count). The summed E-state index contributed by atoms with van der Waals surface area (Å²) >= 11 is 5.87. The fourth-order valence-corrected chi connectivity index (χ4v) is 1.47. The van der Waals surface area contributed by atoms with Crippen molar-refractivity contribution in [1.82, 2.24) is 0 Å². The summed E-state index contributed by atoms with van der Waals surface area (Å²) in [6.45, 7) is 0. The second kappa shape index (κ2) is 5.37. The molecule has 0 saturated heterocycles. The van der Waals surface area contributed by atoms with Gasteiger partial charge in [0.05, 0.1) is 5.02 Å². The maximum absolute atomic E-state index is 11.5. The Morgan fingerprint density at radius 1 is 1.00 bits per heavy atom. The Labute approximate surface area is 104 Å². The van der Waals surface area contributed by atoms with E-state index in [2.05, 4.69) is 5.32 Å². The van der Waals surface area contributed by atoms with E-state index in [0.29, 0.717) is 16.5 Å². The number of para-hydroxylation sites is 2. The number of amides is 1. The van der Waals surface area contributed by atoms with Gasteiger partial charge >= 0.3 is 6.09 Å². The molecule has 0 aliphatic carbocycles. The molecule has 2 aromatic carbocycles. The van der Waals surface area contributed by atoms with Crippen LogP contribution in [0, 0.1) is 0 Å². The van der Waals surface area contributed by atoms with Crippen LogP contribution < -0.4 is 10.1 Å². The summed E-state index contributed by atoms with van der Waals surface area (Å²) in [6.07, 6.45) is -0.565. The average molecular weight is 248 g/mol. The van der Waals surface area contributed by atoms with Crippen LogP contribution in [0.3, 0.4) is 0 Å². The van der Waals surface area contributed by atoms with Gasteiger partial charge in [-0.05, 0) is 24.3 Å². The van der Waals surface area contributed by atoms with Gasteiger partial charge in [-0.2, -0.15) is 0 Å². The summed E-state index contributed by atoms with van der Waals surface area (Å²) < 4.78 is 5.07. The van der Waals surface area contributed by atoms with Gasteiger partial charge in [0.25, 0.3) is 0 Å². The van der Waals surface area contributed by atoms with Crippen LogP contribution in [-0.2, 0) is 0 Å².